The molecule has 0 saturated carbocycles. The molecule has 0 amide bonds. The van der Waals surface area contributed by atoms with E-state index in [0.717, 1.165) is 11.1 Å². The second-order valence-electron chi connectivity index (χ2n) is 4.39. The first-order valence-corrected chi connectivity index (χ1v) is 5.88. The highest BCUT2D eigenvalue weighted by molar-refractivity contribution is 5.91. The Hall–Kier alpha value is -2.09. The Morgan fingerprint density at radius 3 is 2.56 bits per heavy atom. The highest BCUT2D eigenvalue weighted by Crippen LogP contribution is 2.25. The van der Waals surface area contributed by atoms with Gasteiger partial charge >= 0.3 is 5.97 Å². The van der Waals surface area contributed by atoms with Gasteiger partial charge in [-0.1, -0.05) is 35.9 Å². The molecule has 0 N–H and O–H groups in total. The average Bonchev–Trinajstić information content (AvgIpc) is 2.40. The predicted molar refractivity (Wildman–Crippen MR) is 72.7 cm³/mol. The van der Waals surface area contributed by atoms with Crippen molar-refractivity contribution in [2.75, 3.05) is 7.11 Å². The number of ether oxygens (including phenoxy) is 1. The standard InChI is InChI=1S/C16H16O2/c1-11-7-8-12(2)15(9-11)13-5-4-6-14(10-13)16(17)18-3/h4-10H,1-3H3. The van der Waals surface area contributed by atoms with Crippen LogP contribution in [0.2, 0.25) is 0 Å². The van der Waals surface area contributed by atoms with Crippen molar-refractivity contribution >= 4 is 5.97 Å². The summed E-state index contributed by atoms with van der Waals surface area (Å²) >= 11 is 0. The number of methoxy groups -OCH3 is 1. The minimum atomic E-state index is -0.304. The molecule has 0 aliphatic carbocycles. The molecular formula is C16H16O2. The summed E-state index contributed by atoms with van der Waals surface area (Å²) in [5, 5.41) is 0. The first kappa shape index (κ1) is 12.4. The Labute approximate surface area is 107 Å². The van der Waals surface area contributed by atoms with E-state index >= 15 is 0 Å². The predicted octanol–water partition coefficient (Wildman–Crippen LogP) is 3.76. The van der Waals surface area contributed by atoms with Gasteiger partial charge in [-0.3, -0.25) is 0 Å². The number of esters is 1. The van der Waals surface area contributed by atoms with E-state index in [2.05, 4.69) is 32.0 Å². The molecule has 0 atom stereocenters. The number of carbonyl (C=O) groups excluding carboxylic acids is 1. The molecular weight excluding hydrogens is 224 g/mol. The van der Waals surface area contributed by atoms with Crippen LogP contribution in [-0.2, 0) is 4.74 Å². The maximum absolute atomic E-state index is 11.5. The zero-order chi connectivity index (χ0) is 13.1. The summed E-state index contributed by atoms with van der Waals surface area (Å²) in [5.41, 5.74) is 5.18. The van der Waals surface area contributed by atoms with Gasteiger partial charge in [-0.2, -0.15) is 0 Å². The average molecular weight is 240 g/mol. The van der Waals surface area contributed by atoms with Crippen LogP contribution in [0.25, 0.3) is 11.1 Å². The van der Waals surface area contributed by atoms with E-state index in [4.69, 9.17) is 4.74 Å². The van der Waals surface area contributed by atoms with Gasteiger partial charge in [0.05, 0.1) is 12.7 Å². The summed E-state index contributed by atoms with van der Waals surface area (Å²) in [6.45, 7) is 4.13. The molecule has 0 heterocycles. The van der Waals surface area contributed by atoms with Crippen LogP contribution in [0.15, 0.2) is 42.5 Å². The molecule has 2 rings (SSSR count). The molecule has 0 unspecified atom stereocenters. The van der Waals surface area contributed by atoms with Gasteiger partial charge < -0.3 is 4.74 Å². The lowest BCUT2D eigenvalue weighted by Crippen LogP contribution is -2.00. The topological polar surface area (TPSA) is 26.3 Å². The highest BCUT2D eigenvalue weighted by atomic mass is 16.5. The van der Waals surface area contributed by atoms with Gasteiger partial charge in [0.15, 0.2) is 0 Å². The van der Waals surface area contributed by atoms with Crippen LogP contribution in [0, 0.1) is 13.8 Å². The lowest BCUT2D eigenvalue weighted by atomic mass is 9.97. The van der Waals surface area contributed by atoms with E-state index in [1.165, 1.54) is 18.2 Å². The highest BCUT2D eigenvalue weighted by Gasteiger charge is 2.08. The minimum Gasteiger partial charge on any atom is -0.465 e. The quantitative estimate of drug-likeness (QED) is 0.747. The summed E-state index contributed by atoms with van der Waals surface area (Å²) < 4.78 is 4.74. The number of carbonyl (C=O) groups is 1. The van der Waals surface area contributed by atoms with E-state index in [0.29, 0.717) is 5.56 Å². The van der Waals surface area contributed by atoms with Crippen molar-refractivity contribution in [3.05, 3.63) is 59.2 Å². The summed E-state index contributed by atoms with van der Waals surface area (Å²) in [4.78, 5) is 11.5. The Morgan fingerprint density at radius 2 is 1.83 bits per heavy atom. The van der Waals surface area contributed by atoms with E-state index in [-0.39, 0.29) is 5.97 Å². The van der Waals surface area contributed by atoms with Crippen molar-refractivity contribution in [1.82, 2.24) is 0 Å². The van der Waals surface area contributed by atoms with Gasteiger partial charge in [-0.25, -0.2) is 4.79 Å². The maximum atomic E-state index is 11.5. The SMILES string of the molecule is COC(=O)c1cccc(-c2cc(C)ccc2C)c1. The third-order valence-corrected chi connectivity index (χ3v) is 2.99. The van der Waals surface area contributed by atoms with Crippen LogP contribution in [0.4, 0.5) is 0 Å². The summed E-state index contributed by atoms with van der Waals surface area (Å²) in [7, 11) is 1.40. The van der Waals surface area contributed by atoms with Crippen LogP contribution in [0.3, 0.4) is 0 Å². The molecule has 2 heteroatoms. The monoisotopic (exact) mass is 240 g/mol. The van der Waals surface area contributed by atoms with E-state index < -0.39 is 0 Å². The van der Waals surface area contributed by atoms with Crippen LogP contribution in [0.5, 0.6) is 0 Å². The van der Waals surface area contributed by atoms with Crippen LogP contribution in [-0.4, -0.2) is 13.1 Å². The molecule has 0 bridgehead atoms. The molecule has 2 aromatic carbocycles. The zero-order valence-electron chi connectivity index (χ0n) is 10.9. The maximum Gasteiger partial charge on any atom is 0.337 e. The molecule has 18 heavy (non-hydrogen) atoms. The van der Waals surface area contributed by atoms with Crippen molar-refractivity contribution in [3.8, 4) is 11.1 Å². The summed E-state index contributed by atoms with van der Waals surface area (Å²) in [6, 6.07) is 13.8. The van der Waals surface area contributed by atoms with Crippen molar-refractivity contribution in [3.63, 3.8) is 0 Å². The molecule has 92 valence electrons. The summed E-state index contributed by atoms with van der Waals surface area (Å²) in [5.74, 6) is -0.304. The van der Waals surface area contributed by atoms with Crippen LogP contribution < -0.4 is 0 Å². The van der Waals surface area contributed by atoms with Crippen molar-refractivity contribution in [2.45, 2.75) is 13.8 Å². The number of rotatable bonds is 2. The smallest absolute Gasteiger partial charge is 0.337 e. The van der Waals surface area contributed by atoms with Crippen LogP contribution >= 0.6 is 0 Å². The van der Waals surface area contributed by atoms with E-state index in [9.17, 15) is 4.79 Å². The second kappa shape index (κ2) is 5.05. The lowest BCUT2D eigenvalue weighted by molar-refractivity contribution is 0.0601. The normalized spacial score (nSPS) is 10.2. The fourth-order valence-corrected chi connectivity index (χ4v) is 1.98. The first-order chi connectivity index (χ1) is 8.61. The fraction of sp³-hybridized carbons (Fsp3) is 0.188. The number of aryl methyl sites for hydroxylation is 2. The Morgan fingerprint density at radius 1 is 1.06 bits per heavy atom. The van der Waals surface area contributed by atoms with Gasteiger partial charge in [0, 0.05) is 0 Å². The zero-order valence-corrected chi connectivity index (χ0v) is 10.9. The molecule has 2 aromatic rings. The van der Waals surface area contributed by atoms with Gasteiger partial charge in [-0.05, 0) is 42.7 Å². The Kier molecular flexibility index (Phi) is 3.47. The van der Waals surface area contributed by atoms with Gasteiger partial charge in [0.2, 0.25) is 0 Å². The molecule has 0 saturated heterocycles. The molecule has 2 nitrogen and oxygen atoms in total. The fourth-order valence-electron chi connectivity index (χ4n) is 1.98. The largest absolute Gasteiger partial charge is 0.465 e. The Bertz CT molecular complexity index is 585. The molecule has 0 radical (unpaired) electrons. The number of hydrogen-bond acceptors (Lipinski definition) is 2. The molecule has 0 aliphatic rings. The van der Waals surface area contributed by atoms with Crippen molar-refractivity contribution in [2.24, 2.45) is 0 Å². The van der Waals surface area contributed by atoms with E-state index in [1.807, 2.05) is 18.2 Å². The van der Waals surface area contributed by atoms with Crippen molar-refractivity contribution < 1.29 is 9.53 Å². The number of hydrogen-bond donors (Lipinski definition) is 0. The molecule has 0 aromatic heterocycles. The molecule has 0 aliphatic heterocycles. The molecule has 0 spiro atoms. The van der Waals surface area contributed by atoms with Gasteiger partial charge in [-0.15, -0.1) is 0 Å². The van der Waals surface area contributed by atoms with Gasteiger partial charge in [0.1, 0.15) is 0 Å². The third-order valence-electron chi connectivity index (χ3n) is 2.99. The first-order valence-electron chi connectivity index (χ1n) is 5.88. The summed E-state index contributed by atoms with van der Waals surface area (Å²) in [6.07, 6.45) is 0. The minimum absolute atomic E-state index is 0.304. The van der Waals surface area contributed by atoms with Crippen LogP contribution in [0.1, 0.15) is 21.5 Å². The Balaban J connectivity index is 2.51. The van der Waals surface area contributed by atoms with Crippen molar-refractivity contribution in [1.29, 1.82) is 0 Å². The van der Waals surface area contributed by atoms with E-state index in [1.54, 1.807) is 6.07 Å². The molecule has 0 fully saturated rings. The second-order valence-corrected chi connectivity index (χ2v) is 4.39. The van der Waals surface area contributed by atoms with Gasteiger partial charge in [0.25, 0.3) is 0 Å². The third kappa shape index (κ3) is 2.43. The number of benzene rings is 2. The lowest BCUT2D eigenvalue weighted by Gasteiger charge is -2.08.